The molecule has 0 amide bonds. The summed E-state index contributed by atoms with van der Waals surface area (Å²) in [6.45, 7) is 8.21. The van der Waals surface area contributed by atoms with Crippen molar-refractivity contribution in [2.24, 2.45) is 4.99 Å². The van der Waals surface area contributed by atoms with Crippen LogP contribution in [0, 0.1) is 0 Å². The Morgan fingerprint density at radius 3 is 2.22 bits per heavy atom. The minimum absolute atomic E-state index is 0.974. The lowest BCUT2D eigenvalue weighted by Crippen LogP contribution is -2.31. The zero-order valence-electron chi connectivity index (χ0n) is 6.57. The number of rotatable bonds is 1. The van der Waals surface area contributed by atoms with Crippen LogP contribution < -0.4 is 0 Å². The van der Waals surface area contributed by atoms with E-state index in [1.807, 2.05) is 0 Å². The maximum absolute atomic E-state index is 4.49. The highest BCUT2D eigenvalue weighted by molar-refractivity contribution is 7.04. The zero-order chi connectivity index (χ0) is 6.91. The molecule has 0 saturated heterocycles. The van der Waals surface area contributed by atoms with Crippen molar-refractivity contribution in [3.63, 3.8) is 0 Å². The summed E-state index contributed by atoms with van der Waals surface area (Å²) in [7, 11) is -0.974. The molecule has 1 heterocycles. The Balaban J connectivity index is 2.61. The molecule has 0 fully saturated rings. The van der Waals surface area contributed by atoms with Crippen molar-refractivity contribution in [2.45, 2.75) is 32.5 Å². The van der Waals surface area contributed by atoms with E-state index in [1.54, 1.807) is 5.33 Å². The topological polar surface area (TPSA) is 12.4 Å². The van der Waals surface area contributed by atoms with E-state index in [1.165, 1.54) is 12.8 Å². The maximum Gasteiger partial charge on any atom is 0.0952 e. The van der Waals surface area contributed by atoms with Gasteiger partial charge in [-0.05, 0) is 18.2 Å². The monoisotopic (exact) mass is 141 g/mol. The second-order valence-corrected chi connectivity index (χ2v) is 8.76. The minimum atomic E-state index is -0.974. The fraction of sp³-hybridized carbons (Fsp3) is 0.857. The van der Waals surface area contributed by atoms with Crippen LogP contribution in [0.1, 0.15) is 12.8 Å². The molecule has 0 bridgehead atoms. The van der Waals surface area contributed by atoms with Crippen molar-refractivity contribution >= 4 is 13.4 Å². The van der Waals surface area contributed by atoms with Crippen LogP contribution >= 0.6 is 0 Å². The fourth-order valence-corrected chi connectivity index (χ4v) is 2.66. The van der Waals surface area contributed by atoms with Crippen LogP contribution in [-0.4, -0.2) is 20.0 Å². The van der Waals surface area contributed by atoms with E-state index < -0.39 is 8.07 Å². The van der Waals surface area contributed by atoms with Gasteiger partial charge in [-0.15, -0.1) is 0 Å². The first kappa shape index (κ1) is 7.00. The summed E-state index contributed by atoms with van der Waals surface area (Å²) in [5.41, 5.74) is 0. The highest BCUT2D eigenvalue weighted by Gasteiger charge is 2.22. The molecule has 0 aromatic carbocycles. The third-order valence-corrected chi connectivity index (χ3v) is 3.88. The molecule has 0 unspecified atom stereocenters. The lowest BCUT2D eigenvalue weighted by molar-refractivity contribution is 0.952. The Kier molecular flexibility index (Phi) is 1.75. The van der Waals surface area contributed by atoms with Gasteiger partial charge in [0.15, 0.2) is 0 Å². The first-order chi connectivity index (χ1) is 4.11. The van der Waals surface area contributed by atoms with Crippen LogP contribution in [0.2, 0.25) is 19.6 Å². The molecular formula is C7H15NSi. The third-order valence-electron chi connectivity index (χ3n) is 1.74. The molecule has 9 heavy (non-hydrogen) atoms. The van der Waals surface area contributed by atoms with Crippen LogP contribution in [0.5, 0.6) is 0 Å². The largest absolute Gasteiger partial charge is 0.299 e. The van der Waals surface area contributed by atoms with E-state index in [0.29, 0.717) is 0 Å². The van der Waals surface area contributed by atoms with Crippen LogP contribution in [0.25, 0.3) is 0 Å². The predicted octanol–water partition coefficient (Wildman–Crippen LogP) is 2.10. The first-order valence-corrected chi connectivity index (χ1v) is 7.14. The fourth-order valence-electron chi connectivity index (χ4n) is 1.15. The van der Waals surface area contributed by atoms with E-state index in [2.05, 4.69) is 24.6 Å². The van der Waals surface area contributed by atoms with Gasteiger partial charge in [0.1, 0.15) is 0 Å². The van der Waals surface area contributed by atoms with Crippen molar-refractivity contribution in [1.29, 1.82) is 0 Å². The Labute approximate surface area is 58.2 Å². The van der Waals surface area contributed by atoms with Gasteiger partial charge in [0.05, 0.1) is 8.07 Å². The lowest BCUT2D eigenvalue weighted by atomic mass is 10.4. The second-order valence-electron chi connectivity index (χ2n) is 3.68. The van der Waals surface area contributed by atoms with Gasteiger partial charge in [0.25, 0.3) is 0 Å². The van der Waals surface area contributed by atoms with Crippen molar-refractivity contribution in [3.8, 4) is 0 Å². The Morgan fingerprint density at radius 2 is 2.00 bits per heavy atom. The van der Waals surface area contributed by atoms with E-state index in [4.69, 9.17) is 0 Å². The smallest absolute Gasteiger partial charge is 0.0952 e. The van der Waals surface area contributed by atoms with Crippen molar-refractivity contribution in [2.75, 3.05) is 6.54 Å². The Bertz CT molecular complexity index is 132. The molecule has 1 aliphatic heterocycles. The zero-order valence-corrected chi connectivity index (χ0v) is 7.57. The van der Waals surface area contributed by atoms with E-state index >= 15 is 0 Å². The van der Waals surface area contributed by atoms with E-state index in [-0.39, 0.29) is 0 Å². The van der Waals surface area contributed by atoms with E-state index in [0.717, 1.165) is 6.54 Å². The van der Waals surface area contributed by atoms with Gasteiger partial charge in [-0.3, -0.25) is 4.99 Å². The summed E-state index contributed by atoms with van der Waals surface area (Å²) in [6, 6.07) is 0. The van der Waals surface area contributed by atoms with Gasteiger partial charge in [0.2, 0.25) is 0 Å². The molecule has 1 nitrogen and oxygen atoms in total. The van der Waals surface area contributed by atoms with Crippen molar-refractivity contribution in [1.82, 2.24) is 0 Å². The van der Waals surface area contributed by atoms with Gasteiger partial charge in [-0.1, -0.05) is 19.6 Å². The molecule has 0 N–H and O–H groups in total. The normalized spacial score (nSPS) is 20.1. The minimum Gasteiger partial charge on any atom is -0.299 e. The van der Waals surface area contributed by atoms with Crippen LogP contribution in [0.15, 0.2) is 4.99 Å². The number of hydrogen-bond acceptors (Lipinski definition) is 1. The molecule has 0 radical (unpaired) electrons. The SMILES string of the molecule is C[Si](C)(C)C1=NCCC1. The number of nitrogens with zero attached hydrogens (tertiary/aromatic N) is 1. The maximum atomic E-state index is 4.49. The average Bonchev–Trinajstić information content (AvgIpc) is 2.08. The number of hydrogen-bond donors (Lipinski definition) is 0. The molecule has 1 aliphatic rings. The summed E-state index contributed by atoms with van der Waals surface area (Å²) < 4.78 is 0. The molecule has 0 saturated carbocycles. The lowest BCUT2D eigenvalue weighted by Gasteiger charge is -2.14. The summed E-state index contributed by atoms with van der Waals surface area (Å²) in [4.78, 5) is 4.49. The summed E-state index contributed by atoms with van der Waals surface area (Å²) >= 11 is 0. The predicted molar refractivity (Wildman–Crippen MR) is 44.9 cm³/mol. The van der Waals surface area contributed by atoms with Crippen LogP contribution in [0.3, 0.4) is 0 Å². The molecule has 0 atom stereocenters. The van der Waals surface area contributed by atoms with Gasteiger partial charge in [-0.2, -0.15) is 0 Å². The molecule has 1 rings (SSSR count). The molecular weight excluding hydrogens is 126 g/mol. The number of aliphatic imine (C=N–C) groups is 1. The van der Waals surface area contributed by atoms with Gasteiger partial charge >= 0.3 is 0 Å². The highest BCUT2D eigenvalue weighted by Crippen LogP contribution is 2.14. The van der Waals surface area contributed by atoms with Gasteiger partial charge < -0.3 is 0 Å². The van der Waals surface area contributed by atoms with Crippen LogP contribution in [0.4, 0.5) is 0 Å². The third kappa shape index (κ3) is 1.65. The van der Waals surface area contributed by atoms with E-state index in [9.17, 15) is 0 Å². The molecule has 0 aliphatic carbocycles. The first-order valence-electron chi connectivity index (χ1n) is 3.64. The average molecular weight is 141 g/mol. The quantitative estimate of drug-likeness (QED) is 0.496. The van der Waals surface area contributed by atoms with Crippen molar-refractivity contribution < 1.29 is 0 Å². The summed E-state index contributed by atoms with van der Waals surface area (Å²) in [6.07, 6.45) is 2.59. The summed E-state index contributed by atoms with van der Waals surface area (Å²) in [5, 5.41) is 1.54. The van der Waals surface area contributed by atoms with Gasteiger partial charge in [0, 0.05) is 6.54 Å². The highest BCUT2D eigenvalue weighted by atomic mass is 28.3. The van der Waals surface area contributed by atoms with Crippen molar-refractivity contribution in [3.05, 3.63) is 0 Å². The van der Waals surface area contributed by atoms with Gasteiger partial charge in [-0.25, -0.2) is 0 Å². The van der Waals surface area contributed by atoms with Crippen LogP contribution in [-0.2, 0) is 0 Å². The Hall–Kier alpha value is -0.113. The summed E-state index contributed by atoms with van der Waals surface area (Å²) in [5.74, 6) is 0. The standard InChI is InChI=1S/C7H15NSi/c1-9(2,3)7-5-4-6-8-7/h4-6H2,1-3H3. The second kappa shape index (κ2) is 2.25. The molecule has 2 heteroatoms. The molecule has 0 spiro atoms. The molecule has 0 aromatic heterocycles. The molecule has 0 aromatic rings. The molecule has 52 valence electrons. The Morgan fingerprint density at radius 1 is 1.33 bits per heavy atom.